The number of nitrogens with zero attached hydrogens (tertiary/aromatic N) is 1. The fraction of sp³-hybridized carbons (Fsp3) is 0.692. The molecule has 3 aliphatic rings. The summed E-state index contributed by atoms with van der Waals surface area (Å²) in [6.07, 6.45) is 11.1. The summed E-state index contributed by atoms with van der Waals surface area (Å²) in [4.78, 5) is 28.6. The predicted molar refractivity (Wildman–Crippen MR) is 132 cm³/mol. The van der Waals surface area contributed by atoms with Crippen molar-refractivity contribution in [2.24, 2.45) is 0 Å². The average Bonchev–Trinajstić information content (AvgIpc) is 3.43. The average molecular weight is 495 g/mol. The smallest absolute Gasteiger partial charge is 0.324 e. The van der Waals surface area contributed by atoms with Crippen molar-refractivity contribution in [3.8, 4) is 5.75 Å². The van der Waals surface area contributed by atoms with Gasteiger partial charge in [-0.1, -0.05) is 50.7 Å². The van der Waals surface area contributed by atoms with Gasteiger partial charge in [0.25, 0.3) is 5.91 Å². The van der Waals surface area contributed by atoms with E-state index in [-0.39, 0.29) is 29.9 Å². The molecule has 3 amide bonds. The Bertz CT molecular complexity index is 844. The molecule has 4 rings (SSSR count). The van der Waals surface area contributed by atoms with Crippen LogP contribution in [-0.2, 0) is 4.79 Å². The number of hydrogen-bond donors (Lipinski definition) is 1. The number of rotatable bonds is 6. The van der Waals surface area contributed by atoms with Gasteiger partial charge in [-0.25, -0.2) is 4.79 Å². The first kappa shape index (κ1) is 24.7. The highest BCUT2D eigenvalue weighted by Gasteiger charge is 2.52. The third kappa shape index (κ3) is 5.97. The number of amides is 3. The molecule has 1 unspecified atom stereocenters. The zero-order chi connectivity index (χ0) is 23.6. The topological polar surface area (TPSA) is 58.6 Å². The molecule has 0 aromatic heterocycles. The molecule has 0 saturated heterocycles. The number of alkyl halides is 2. The van der Waals surface area contributed by atoms with E-state index in [9.17, 15) is 9.59 Å². The van der Waals surface area contributed by atoms with Gasteiger partial charge in [-0.05, 0) is 63.6 Å². The molecule has 0 bridgehead atoms. The summed E-state index contributed by atoms with van der Waals surface area (Å²) in [6, 6.07) is 7.40. The molecular weight excluding hydrogens is 459 g/mol. The number of nitrogens with one attached hydrogen (secondary N) is 1. The Morgan fingerprint density at radius 1 is 0.970 bits per heavy atom. The molecule has 0 spiro atoms. The van der Waals surface area contributed by atoms with Crippen LogP contribution in [0.2, 0.25) is 0 Å². The maximum Gasteiger partial charge on any atom is 0.324 e. The summed E-state index contributed by atoms with van der Waals surface area (Å²) < 4.78 is 5.47. The van der Waals surface area contributed by atoms with Gasteiger partial charge in [0.15, 0.2) is 5.60 Å². The summed E-state index contributed by atoms with van der Waals surface area (Å²) in [5.41, 5.74) is -0.113. The second kappa shape index (κ2) is 10.0. The maximum atomic E-state index is 13.7. The van der Waals surface area contributed by atoms with Gasteiger partial charge in [-0.15, -0.1) is 23.2 Å². The molecule has 1 aromatic carbocycles. The van der Waals surface area contributed by atoms with E-state index in [2.05, 4.69) is 5.32 Å². The largest absolute Gasteiger partial charge is 0.478 e. The van der Waals surface area contributed by atoms with Gasteiger partial charge < -0.3 is 10.1 Å². The second-order valence-corrected chi connectivity index (χ2v) is 12.0. The Hall–Kier alpha value is -1.46. The van der Waals surface area contributed by atoms with Crippen molar-refractivity contribution >= 4 is 35.1 Å². The van der Waals surface area contributed by atoms with Crippen molar-refractivity contribution in [2.45, 2.75) is 112 Å². The Labute approximate surface area is 207 Å². The van der Waals surface area contributed by atoms with Crippen molar-refractivity contribution in [2.75, 3.05) is 0 Å². The van der Waals surface area contributed by atoms with Crippen molar-refractivity contribution in [1.29, 1.82) is 0 Å². The summed E-state index contributed by atoms with van der Waals surface area (Å²) in [5.74, 6) is 0.438. The number of ether oxygens (including phenoxy) is 1. The van der Waals surface area contributed by atoms with Crippen molar-refractivity contribution in [3.63, 3.8) is 0 Å². The second-order valence-electron chi connectivity index (χ2n) is 10.5. The van der Waals surface area contributed by atoms with E-state index >= 15 is 0 Å². The minimum atomic E-state index is -1.18. The number of hydrogen-bond acceptors (Lipinski definition) is 3. The highest BCUT2D eigenvalue weighted by atomic mass is 35.5. The lowest BCUT2D eigenvalue weighted by atomic mass is 9.92. The van der Waals surface area contributed by atoms with Gasteiger partial charge in [-0.3, -0.25) is 9.69 Å². The summed E-state index contributed by atoms with van der Waals surface area (Å²) in [6.45, 7) is 3.49. The van der Waals surface area contributed by atoms with Crippen LogP contribution in [-0.4, -0.2) is 38.9 Å². The first-order valence-electron chi connectivity index (χ1n) is 12.5. The Kier molecular flexibility index (Phi) is 7.50. The molecule has 1 atom stereocenters. The standard InChI is InChI=1S/C26H36Cl2N2O3/c1-25(2,33-21-15-13-18(14-16-21)22-17-26(22,27)28)23(31)30(20-11-7-4-8-12-20)24(32)29-19-9-5-3-6-10-19/h13-16,19-20,22H,3-12,17H2,1-2H3,(H,29,32). The fourth-order valence-electron chi connectivity index (χ4n) is 5.23. The zero-order valence-corrected chi connectivity index (χ0v) is 21.3. The number of carbonyl (C=O) groups excluding carboxylic acids is 2. The molecule has 0 heterocycles. The number of imide groups is 1. The van der Waals surface area contributed by atoms with E-state index in [0.717, 1.165) is 69.8 Å². The molecule has 7 heteroatoms. The summed E-state index contributed by atoms with van der Waals surface area (Å²) >= 11 is 12.4. The quantitative estimate of drug-likeness (QED) is 0.447. The lowest BCUT2D eigenvalue weighted by Gasteiger charge is -2.38. The molecule has 0 radical (unpaired) electrons. The van der Waals surface area contributed by atoms with Crippen molar-refractivity contribution in [1.82, 2.24) is 10.2 Å². The van der Waals surface area contributed by atoms with E-state index in [1.807, 2.05) is 24.3 Å². The summed E-state index contributed by atoms with van der Waals surface area (Å²) in [7, 11) is 0. The van der Waals surface area contributed by atoms with Crippen LogP contribution < -0.4 is 10.1 Å². The van der Waals surface area contributed by atoms with Crippen LogP contribution >= 0.6 is 23.2 Å². The van der Waals surface area contributed by atoms with Gasteiger partial charge >= 0.3 is 6.03 Å². The molecule has 33 heavy (non-hydrogen) atoms. The van der Waals surface area contributed by atoms with Crippen molar-refractivity contribution in [3.05, 3.63) is 29.8 Å². The highest BCUT2D eigenvalue weighted by molar-refractivity contribution is 6.51. The van der Waals surface area contributed by atoms with Gasteiger partial charge in [0.1, 0.15) is 10.1 Å². The van der Waals surface area contributed by atoms with Crippen LogP contribution in [0.25, 0.3) is 0 Å². The lowest BCUT2D eigenvalue weighted by molar-refractivity contribution is -0.144. The number of urea groups is 1. The van der Waals surface area contributed by atoms with E-state index < -0.39 is 9.93 Å². The monoisotopic (exact) mass is 494 g/mol. The molecule has 3 aliphatic carbocycles. The van der Waals surface area contributed by atoms with Gasteiger partial charge in [0.2, 0.25) is 0 Å². The molecule has 0 aliphatic heterocycles. The van der Waals surface area contributed by atoms with Crippen LogP contribution in [0.1, 0.15) is 96.0 Å². The van der Waals surface area contributed by atoms with Crippen LogP contribution in [0.5, 0.6) is 5.75 Å². The first-order chi connectivity index (χ1) is 15.7. The van der Waals surface area contributed by atoms with Crippen LogP contribution in [0.3, 0.4) is 0 Å². The highest BCUT2D eigenvalue weighted by Crippen LogP contribution is 2.59. The van der Waals surface area contributed by atoms with Crippen LogP contribution in [0, 0.1) is 0 Å². The third-order valence-electron chi connectivity index (χ3n) is 7.31. The molecule has 5 nitrogen and oxygen atoms in total. The van der Waals surface area contributed by atoms with Crippen molar-refractivity contribution < 1.29 is 14.3 Å². The normalized spacial score (nSPS) is 23.6. The lowest BCUT2D eigenvalue weighted by Crippen LogP contribution is -2.59. The number of carbonyl (C=O) groups is 2. The minimum Gasteiger partial charge on any atom is -0.478 e. The third-order valence-corrected chi connectivity index (χ3v) is 8.14. The minimum absolute atomic E-state index is 0.0736. The maximum absolute atomic E-state index is 13.7. The van der Waals surface area contributed by atoms with Gasteiger partial charge in [0, 0.05) is 18.0 Å². The number of halogens is 2. The van der Waals surface area contributed by atoms with Gasteiger partial charge in [0.05, 0.1) is 0 Å². The Morgan fingerprint density at radius 3 is 2.06 bits per heavy atom. The van der Waals surface area contributed by atoms with Gasteiger partial charge in [-0.2, -0.15) is 0 Å². The van der Waals surface area contributed by atoms with E-state index in [0.29, 0.717) is 5.75 Å². The molecule has 1 N–H and O–H groups in total. The molecule has 3 fully saturated rings. The van der Waals surface area contributed by atoms with E-state index in [1.165, 1.54) is 11.3 Å². The SMILES string of the molecule is CC(C)(Oc1ccc(C2CC2(Cl)Cl)cc1)C(=O)N(C(=O)NC1CCCCC1)C1CCCCC1. The fourth-order valence-corrected chi connectivity index (χ4v) is 5.79. The van der Waals surface area contributed by atoms with Crippen LogP contribution in [0.15, 0.2) is 24.3 Å². The molecule has 3 saturated carbocycles. The Morgan fingerprint density at radius 2 is 1.52 bits per heavy atom. The molecular formula is C26H36Cl2N2O3. The molecule has 1 aromatic rings. The number of benzene rings is 1. The van der Waals surface area contributed by atoms with Crippen LogP contribution in [0.4, 0.5) is 4.79 Å². The molecule has 182 valence electrons. The van der Waals surface area contributed by atoms with E-state index in [4.69, 9.17) is 27.9 Å². The zero-order valence-electron chi connectivity index (χ0n) is 19.7. The first-order valence-corrected chi connectivity index (χ1v) is 13.2. The summed E-state index contributed by atoms with van der Waals surface area (Å²) in [5, 5.41) is 3.15. The predicted octanol–water partition coefficient (Wildman–Crippen LogP) is 6.71. The Balaban J connectivity index is 1.46. The van der Waals surface area contributed by atoms with E-state index in [1.54, 1.807) is 13.8 Å².